The van der Waals surface area contributed by atoms with Gasteiger partial charge in [-0.25, -0.2) is 0 Å². The van der Waals surface area contributed by atoms with Gasteiger partial charge in [0.1, 0.15) is 6.61 Å². The zero-order chi connectivity index (χ0) is 11.8. The first-order chi connectivity index (χ1) is 7.72. The van der Waals surface area contributed by atoms with Crippen molar-refractivity contribution in [1.29, 1.82) is 0 Å². The highest BCUT2D eigenvalue weighted by molar-refractivity contribution is 7.80. The van der Waals surface area contributed by atoms with Crippen molar-refractivity contribution in [2.75, 3.05) is 26.9 Å². The molecule has 0 saturated carbocycles. The van der Waals surface area contributed by atoms with Gasteiger partial charge in [-0.15, -0.1) is 0 Å². The third-order valence-corrected chi connectivity index (χ3v) is 2.35. The number of hydrazine groups is 1. The highest BCUT2D eigenvalue weighted by Gasteiger charge is 2.15. The summed E-state index contributed by atoms with van der Waals surface area (Å²) in [7, 11) is 1.45. The predicted molar refractivity (Wildman–Crippen MR) is 62.7 cm³/mol. The molecule has 92 valence electrons. The van der Waals surface area contributed by atoms with E-state index >= 15 is 0 Å². The summed E-state index contributed by atoms with van der Waals surface area (Å²) in [6, 6.07) is 0. The molecular formula is C9H17N3O3S. The summed E-state index contributed by atoms with van der Waals surface area (Å²) in [6.45, 7) is 1.48. The average molecular weight is 247 g/mol. The van der Waals surface area contributed by atoms with Gasteiger partial charge >= 0.3 is 0 Å². The molecule has 1 aliphatic heterocycles. The van der Waals surface area contributed by atoms with Crippen molar-refractivity contribution in [3.63, 3.8) is 0 Å². The summed E-state index contributed by atoms with van der Waals surface area (Å²) in [4.78, 5) is 11.0. The fourth-order valence-corrected chi connectivity index (χ4v) is 1.48. The van der Waals surface area contributed by atoms with E-state index in [1.807, 2.05) is 0 Å². The van der Waals surface area contributed by atoms with Crippen molar-refractivity contribution in [1.82, 2.24) is 16.2 Å². The summed E-state index contributed by atoms with van der Waals surface area (Å²) in [5.74, 6) is -0.274. The van der Waals surface area contributed by atoms with Crippen LogP contribution in [0.4, 0.5) is 0 Å². The van der Waals surface area contributed by atoms with Gasteiger partial charge in [-0.05, 0) is 25.1 Å². The molecule has 1 rings (SSSR count). The second-order valence-electron chi connectivity index (χ2n) is 3.45. The Bertz CT molecular complexity index is 244. The first kappa shape index (κ1) is 13.1. The minimum atomic E-state index is -0.274. The van der Waals surface area contributed by atoms with Crippen LogP contribution < -0.4 is 16.2 Å². The minimum Gasteiger partial charge on any atom is -0.376 e. The van der Waals surface area contributed by atoms with E-state index in [1.54, 1.807) is 0 Å². The Morgan fingerprint density at radius 3 is 3.00 bits per heavy atom. The summed E-state index contributed by atoms with van der Waals surface area (Å²) in [5.41, 5.74) is 4.98. The molecular weight excluding hydrogens is 230 g/mol. The SMILES string of the molecule is COCC(=O)NNC(=S)NC[C@@H]1CCCO1. The zero-order valence-corrected chi connectivity index (χ0v) is 10.1. The van der Waals surface area contributed by atoms with E-state index in [-0.39, 0.29) is 18.6 Å². The number of nitrogens with one attached hydrogen (secondary N) is 3. The molecule has 1 amide bonds. The fourth-order valence-electron chi connectivity index (χ4n) is 1.35. The largest absolute Gasteiger partial charge is 0.376 e. The lowest BCUT2D eigenvalue weighted by atomic mass is 10.2. The van der Waals surface area contributed by atoms with Crippen LogP contribution in [0.25, 0.3) is 0 Å². The van der Waals surface area contributed by atoms with Crippen molar-refractivity contribution >= 4 is 23.2 Å². The van der Waals surface area contributed by atoms with Crippen LogP contribution in [0, 0.1) is 0 Å². The van der Waals surface area contributed by atoms with Crippen LogP contribution in [-0.4, -0.2) is 44.0 Å². The Labute approximate surface area is 100 Å². The van der Waals surface area contributed by atoms with Gasteiger partial charge < -0.3 is 14.8 Å². The Morgan fingerprint density at radius 1 is 1.56 bits per heavy atom. The molecule has 1 aliphatic rings. The van der Waals surface area contributed by atoms with E-state index in [4.69, 9.17) is 17.0 Å². The molecule has 0 bridgehead atoms. The molecule has 1 heterocycles. The number of carbonyl (C=O) groups excluding carboxylic acids is 1. The molecule has 1 saturated heterocycles. The van der Waals surface area contributed by atoms with Gasteiger partial charge in [-0.1, -0.05) is 0 Å². The molecule has 0 radical (unpaired) electrons. The molecule has 0 unspecified atom stereocenters. The summed E-state index contributed by atoms with van der Waals surface area (Å²) in [6.07, 6.45) is 2.36. The van der Waals surface area contributed by atoms with E-state index in [2.05, 4.69) is 20.9 Å². The lowest BCUT2D eigenvalue weighted by Gasteiger charge is -2.14. The van der Waals surface area contributed by atoms with Crippen LogP contribution in [0.2, 0.25) is 0 Å². The van der Waals surface area contributed by atoms with E-state index in [0.29, 0.717) is 11.7 Å². The van der Waals surface area contributed by atoms with Gasteiger partial charge in [0.05, 0.1) is 6.10 Å². The van der Waals surface area contributed by atoms with E-state index in [1.165, 1.54) is 7.11 Å². The average Bonchev–Trinajstić information content (AvgIpc) is 2.77. The second kappa shape index (κ2) is 7.37. The third-order valence-electron chi connectivity index (χ3n) is 2.11. The van der Waals surface area contributed by atoms with Crippen LogP contribution in [0.1, 0.15) is 12.8 Å². The zero-order valence-electron chi connectivity index (χ0n) is 9.25. The molecule has 0 aromatic rings. The standard InChI is InChI=1S/C9H17N3O3S/c1-14-6-8(13)11-12-9(16)10-5-7-3-2-4-15-7/h7H,2-6H2,1H3,(H,11,13)(H2,10,12,16)/t7-/m0/s1. The number of thiocarbonyl (C=S) groups is 1. The maximum Gasteiger partial charge on any atom is 0.264 e. The number of hydrogen-bond acceptors (Lipinski definition) is 4. The minimum absolute atomic E-state index is 0.00134. The Hall–Kier alpha value is -0.920. The van der Waals surface area contributed by atoms with Gasteiger partial charge in [-0.3, -0.25) is 15.6 Å². The maximum atomic E-state index is 11.0. The number of ether oxygens (including phenoxy) is 2. The van der Waals surface area contributed by atoms with Crippen molar-refractivity contribution in [3.05, 3.63) is 0 Å². The van der Waals surface area contributed by atoms with Gasteiger partial charge in [0.25, 0.3) is 5.91 Å². The summed E-state index contributed by atoms with van der Waals surface area (Å²) in [5, 5.41) is 3.34. The molecule has 1 fully saturated rings. The normalized spacial score (nSPS) is 19.2. The molecule has 1 atom stereocenters. The molecule has 7 heteroatoms. The monoisotopic (exact) mass is 247 g/mol. The Balaban J connectivity index is 2.04. The number of hydrogen-bond donors (Lipinski definition) is 3. The van der Waals surface area contributed by atoms with Crippen LogP contribution in [-0.2, 0) is 14.3 Å². The lowest BCUT2D eigenvalue weighted by molar-refractivity contribution is -0.125. The Morgan fingerprint density at radius 2 is 2.38 bits per heavy atom. The molecule has 16 heavy (non-hydrogen) atoms. The molecule has 0 spiro atoms. The van der Waals surface area contributed by atoms with Crippen molar-refractivity contribution in [3.8, 4) is 0 Å². The summed E-state index contributed by atoms with van der Waals surface area (Å²) >= 11 is 4.96. The van der Waals surface area contributed by atoms with Gasteiger partial charge in [-0.2, -0.15) is 0 Å². The lowest BCUT2D eigenvalue weighted by Crippen LogP contribution is -2.49. The summed E-state index contributed by atoms with van der Waals surface area (Å²) < 4.78 is 10.1. The second-order valence-corrected chi connectivity index (χ2v) is 3.86. The quantitative estimate of drug-likeness (QED) is 0.451. The number of methoxy groups -OCH3 is 1. The third kappa shape index (κ3) is 5.24. The van der Waals surface area contributed by atoms with E-state index in [9.17, 15) is 4.79 Å². The molecule has 3 N–H and O–H groups in total. The van der Waals surface area contributed by atoms with Gasteiger partial charge in [0, 0.05) is 20.3 Å². The van der Waals surface area contributed by atoms with Crippen LogP contribution in [0.15, 0.2) is 0 Å². The van der Waals surface area contributed by atoms with Crippen molar-refractivity contribution in [2.45, 2.75) is 18.9 Å². The van der Waals surface area contributed by atoms with Crippen LogP contribution >= 0.6 is 12.2 Å². The van der Waals surface area contributed by atoms with Crippen LogP contribution in [0.3, 0.4) is 0 Å². The smallest absolute Gasteiger partial charge is 0.264 e. The predicted octanol–water partition coefficient (Wildman–Crippen LogP) is -0.693. The van der Waals surface area contributed by atoms with E-state index in [0.717, 1.165) is 19.4 Å². The number of carbonyl (C=O) groups is 1. The maximum absolute atomic E-state index is 11.0. The van der Waals surface area contributed by atoms with Gasteiger partial charge in [0.15, 0.2) is 5.11 Å². The highest BCUT2D eigenvalue weighted by Crippen LogP contribution is 2.10. The number of rotatable bonds is 4. The molecule has 0 aromatic heterocycles. The topological polar surface area (TPSA) is 71.6 Å². The van der Waals surface area contributed by atoms with E-state index < -0.39 is 0 Å². The molecule has 0 aromatic carbocycles. The Kier molecular flexibility index (Phi) is 6.05. The molecule has 0 aliphatic carbocycles. The first-order valence-electron chi connectivity index (χ1n) is 5.15. The highest BCUT2D eigenvalue weighted by atomic mass is 32.1. The first-order valence-corrected chi connectivity index (χ1v) is 5.56. The van der Waals surface area contributed by atoms with Crippen LogP contribution in [0.5, 0.6) is 0 Å². The van der Waals surface area contributed by atoms with Crippen molar-refractivity contribution < 1.29 is 14.3 Å². The fraction of sp³-hybridized carbons (Fsp3) is 0.778. The molecule has 6 nitrogen and oxygen atoms in total. The number of amides is 1. The van der Waals surface area contributed by atoms with Gasteiger partial charge in [0.2, 0.25) is 0 Å². The van der Waals surface area contributed by atoms with Crippen molar-refractivity contribution in [2.24, 2.45) is 0 Å².